The van der Waals surface area contributed by atoms with Crippen molar-refractivity contribution in [2.75, 3.05) is 12.3 Å². The minimum atomic E-state index is -3.83. The summed E-state index contributed by atoms with van der Waals surface area (Å²) in [4.78, 5) is 10.9. The molecule has 0 aromatic heterocycles. The van der Waals surface area contributed by atoms with Crippen LogP contribution in [0.2, 0.25) is 0 Å². The topological polar surface area (TPSA) is 136 Å². The lowest BCUT2D eigenvalue weighted by Crippen LogP contribution is -2.38. The van der Waals surface area contributed by atoms with Crippen LogP contribution in [-0.2, 0) is 10.0 Å². The Kier molecular flexibility index (Phi) is 5.09. The highest BCUT2D eigenvalue weighted by Crippen LogP contribution is 2.20. The first-order chi connectivity index (χ1) is 9.19. The number of carbonyl (C=O) groups excluding carboxylic acids is 1. The van der Waals surface area contributed by atoms with Gasteiger partial charge in [-0.3, -0.25) is 4.79 Å². The number of nitrogens with two attached hydrogens (primary N) is 2. The molecule has 7 nitrogen and oxygen atoms in total. The Balaban J connectivity index is 3.07. The first-order valence-electron chi connectivity index (χ1n) is 6.01. The summed E-state index contributed by atoms with van der Waals surface area (Å²) < 4.78 is 26.8. The van der Waals surface area contributed by atoms with Crippen LogP contribution in [0.4, 0.5) is 5.69 Å². The van der Waals surface area contributed by atoms with E-state index in [1.807, 2.05) is 0 Å². The molecule has 2 atom stereocenters. The van der Waals surface area contributed by atoms with E-state index >= 15 is 0 Å². The molecule has 0 bridgehead atoms. The normalized spacial score (nSPS) is 14.8. The van der Waals surface area contributed by atoms with Crippen LogP contribution in [0.1, 0.15) is 24.2 Å². The summed E-state index contributed by atoms with van der Waals surface area (Å²) in [6.07, 6.45) is 0. The van der Waals surface area contributed by atoms with E-state index in [4.69, 9.17) is 16.6 Å². The van der Waals surface area contributed by atoms with E-state index in [1.54, 1.807) is 13.8 Å². The van der Waals surface area contributed by atoms with Gasteiger partial charge in [0.15, 0.2) is 0 Å². The second-order valence-electron chi connectivity index (χ2n) is 4.69. The Morgan fingerprint density at radius 1 is 1.40 bits per heavy atom. The summed E-state index contributed by atoms with van der Waals surface area (Å²) in [7, 11) is -3.83. The molecule has 2 unspecified atom stereocenters. The number of hydrogen-bond donors (Lipinski definition) is 4. The van der Waals surface area contributed by atoms with Crippen molar-refractivity contribution in [2.45, 2.75) is 24.8 Å². The molecule has 0 radical (unpaired) electrons. The van der Waals surface area contributed by atoms with Crippen LogP contribution in [0.25, 0.3) is 0 Å². The maximum atomic E-state index is 12.2. The van der Waals surface area contributed by atoms with Gasteiger partial charge >= 0.3 is 0 Å². The van der Waals surface area contributed by atoms with Crippen molar-refractivity contribution in [1.29, 1.82) is 0 Å². The minimum absolute atomic E-state index is 0.0577. The predicted octanol–water partition coefficient (Wildman–Crippen LogP) is -0.337. The van der Waals surface area contributed by atoms with Crippen LogP contribution in [0.5, 0.6) is 0 Å². The lowest BCUT2D eigenvalue weighted by atomic mass is 10.1. The Hall–Kier alpha value is -1.64. The highest BCUT2D eigenvalue weighted by atomic mass is 32.2. The Labute approximate surface area is 118 Å². The summed E-state index contributed by atoms with van der Waals surface area (Å²) in [5.74, 6) is -0.924. The van der Waals surface area contributed by atoms with Crippen molar-refractivity contribution < 1.29 is 18.3 Å². The fourth-order valence-electron chi connectivity index (χ4n) is 1.53. The number of aliphatic hydroxyl groups is 1. The molecule has 0 aliphatic carbocycles. The molecular formula is C12H19N3O4S. The number of sulfonamides is 1. The number of nitrogen functional groups attached to an aromatic ring is 1. The van der Waals surface area contributed by atoms with Crippen molar-refractivity contribution in [3.63, 3.8) is 0 Å². The molecule has 0 aliphatic rings. The van der Waals surface area contributed by atoms with Crippen molar-refractivity contribution in [2.24, 2.45) is 11.7 Å². The number of anilines is 1. The molecule has 6 N–H and O–H groups in total. The number of primary amides is 1. The molecule has 0 saturated heterocycles. The molecule has 1 aromatic rings. The zero-order chi connectivity index (χ0) is 15.5. The third kappa shape index (κ3) is 3.69. The Morgan fingerprint density at radius 3 is 2.45 bits per heavy atom. The van der Waals surface area contributed by atoms with E-state index in [2.05, 4.69) is 4.72 Å². The van der Waals surface area contributed by atoms with E-state index in [-0.39, 0.29) is 28.7 Å². The van der Waals surface area contributed by atoms with Gasteiger partial charge in [-0.25, -0.2) is 13.1 Å². The fraction of sp³-hybridized carbons (Fsp3) is 0.417. The molecule has 1 aromatic carbocycles. The SMILES string of the molecule is CC(CO)C(C)NS(=O)(=O)c1ccc(C(N)=O)cc1N. The Morgan fingerprint density at radius 2 is 2.00 bits per heavy atom. The van der Waals surface area contributed by atoms with Gasteiger partial charge in [-0.15, -0.1) is 0 Å². The van der Waals surface area contributed by atoms with Crippen molar-refractivity contribution in [3.05, 3.63) is 23.8 Å². The molecule has 1 amide bonds. The van der Waals surface area contributed by atoms with Crippen LogP contribution >= 0.6 is 0 Å². The third-order valence-electron chi connectivity index (χ3n) is 3.07. The van der Waals surface area contributed by atoms with Gasteiger partial charge in [0.25, 0.3) is 0 Å². The summed E-state index contributed by atoms with van der Waals surface area (Å²) in [5.41, 5.74) is 10.8. The number of rotatable bonds is 6. The number of aliphatic hydroxyl groups excluding tert-OH is 1. The molecule has 0 spiro atoms. The molecule has 8 heteroatoms. The monoisotopic (exact) mass is 301 g/mol. The van der Waals surface area contributed by atoms with Gasteiger partial charge in [0.1, 0.15) is 4.90 Å². The van der Waals surface area contributed by atoms with Crippen molar-refractivity contribution in [3.8, 4) is 0 Å². The van der Waals surface area contributed by atoms with E-state index in [0.717, 1.165) is 0 Å². The fourth-order valence-corrected chi connectivity index (χ4v) is 2.99. The van der Waals surface area contributed by atoms with Gasteiger partial charge in [0.2, 0.25) is 15.9 Å². The van der Waals surface area contributed by atoms with E-state index in [9.17, 15) is 13.2 Å². The highest BCUT2D eigenvalue weighted by molar-refractivity contribution is 7.89. The largest absolute Gasteiger partial charge is 0.398 e. The summed E-state index contributed by atoms with van der Waals surface area (Å²) in [6, 6.07) is 3.29. The number of nitrogens with one attached hydrogen (secondary N) is 1. The quantitative estimate of drug-likeness (QED) is 0.533. The van der Waals surface area contributed by atoms with E-state index in [0.29, 0.717) is 0 Å². The van der Waals surface area contributed by atoms with Crippen LogP contribution in [0.3, 0.4) is 0 Å². The highest BCUT2D eigenvalue weighted by Gasteiger charge is 2.23. The average molecular weight is 301 g/mol. The number of benzene rings is 1. The molecule has 1 rings (SSSR count). The lowest BCUT2D eigenvalue weighted by Gasteiger charge is -2.19. The number of carbonyl (C=O) groups is 1. The van der Waals surface area contributed by atoms with Gasteiger partial charge in [0, 0.05) is 18.2 Å². The van der Waals surface area contributed by atoms with Crippen LogP contribution < -0.4 is 16.2 Å². The van der Waals surface area contributed by atoms with Crippen molar-refractivity contribution >= 4 is 21.6 Å². The maximum absolute atomic E-state index is 12.2. The van der Waals surface area contributed by atoms with Gasteiger partial charge in [0.05, 0.1) is 5.69 Å². The smallest absolute Gasteiger partial charge is 0.248 e. The first-order valence-corrected chi connectivity index (χ1v) is 7.50. The molecule has 112 valence electrons. The summed E-state index contributed by atoms with van der Waals surface area (Å²) in [5, 5.41) is 9.01. The van der Waals surface area contributed by atoms with Crippen LogP contribution in [-0.4, -0.2) is 32.1 Å². The zero-order valence-corrected chi connectivity index (χ0v) is 12.1. The standard InChI is InChI=1S/C12H19N3O4S/c1-7(6-16)8(2)15-20(18,19)11-4-3-9(12(14)17)5-10(11)13/h3-5,7-8,15-16H,6,13H2,1-2H3,(H2,14,17). The average Bonchev–Trinajstić information content (AvgIpc) is 2.36. The molecular weight excluding hydrogens is 282 g/mol. The first kappa shape index (κ1) is 16.4. The third-order valence-corrected chi connectivity index (χ3v) is 4.70. The van der Waals surface area contributed by atoms with Crippen LogP contribution in [0, 0.1) is 5.92 Å². The number of hydrogen-bond acceptors (Lipinski definition) is 5. The van der Waals surface area contributed by atoms with E-state index < -0.39 is 22.0 Å². The van der Waals surface area contributed by atoms with Gasteiger partial charge in [-0.2, -0.15) is 0 Å². The van der Waals surface area contributed by atoms with Gasteiger partial charge in [-0.1, -0.05) is 6.92 Å². The number of amides is 1. The second kappa shape index (κ2) is 6.21. The molecule has 0 heterocycles. The minimum Gasteiger partial charge on any atom is -0.398 e. The molecule has 0 saturated carbocycles. The molecule has 0 fully saturated rings. The van der Waals surface area contributed by atoms with Crippen LogP contribution in [0.15, 0.2) is 23.1 Å². The second-order valence-corrected chi connectivity index (χ2v) is 6.37. The van der Waals surface area contributed by atoms with E-state index in [1.165, 1.54) is 18.2 Å². The Bertz CT molecular complexity index is 601. The zero-order valence-electron chi connectivity index (χ0n) is 11.3. The lowest BCUT2D eigenvalue weighted by molar-refractivity contribution is 0.1000. The molecule has 0 aliphatic heterocycles. The predicted molar refractivity (Wildman–Crippen MR) is 75.4 cm³/mol. The summed E-state index contributed by atoms with van der Waals surface area (Å²) in [6.45, 7) is 3.22. The van der Waals surface area contributed by atoms with Crippen molar-refractivity contribution in [1.82, 2.24) is 4.72 Å². The maximum Gasteiger partial charge on any atom is 0.248 e. The van der Waals surface area contributed by atoms with Gasteiger partial charge in [-0.05, 0) is 31.0 Å². The van der Waals surface area contributed by atoms with Gasteiger partial charge < -0.3 is 16.6 Å². The molecule has 20 heavy (non-hydrogen) atoms. The summed E-state index contributed by atoms with van der Waals surface area (Å²) >= 11 is 0.